The van der Waals surface area contributed by atoms with E-state index >= 15 is 0 Å². The van der Waals surface area contributed by atoms with Crippen LogP contribution in [-0.2, 0) is 6.42 Å². The summed E-state index contributed by atoms with van der Waals surface area (Å²) in [5.74, 6) is 0.274. The highest BCUT2D eigenvalue weighted by Crippen LogP contribution is 2.33. The Morgan fingerprint density at radius 3 is 2.81 bits per heavy atom. The van der Waals surface area contributed by atoms with Gasteiger partial charge in [0.15, 0.2) is 16.7 Å². The van der Waals surface area contributed by atoms with Crippen molar-refractivity contribution in [2.24, 2.45) is 0 Å². The number of hydrogen-bond acceptors (Lipinski definition) is 5. The molecule has 1 aliphatic carbocycles. The first-order valence-electron chi connectivity index (χ1n) is 9.23. The number of rotatable bonds is 8. The Bertz CT molecular complexity index is 790. The van der Waals surface area contributed by atoms with Crippen LogP contribution in [0.2, 0.25) is 0 Å². The van der Waals surface area contributed by atoms with Crippen LogP contribution >= 0.6 is 11.8 Å². The van der Waals surface area contributed by atoms with Crippen LogP contribution in [0.25, 0.3) is 0 Å². The zero-order chi connectivity index (χ0) is 19.2. The molecule has 146 valence electrons. The second-order valence-electron chi connectivity index (χ2n) is 6.62. The minimum absolute atomic E-state index is 0.127. The molecule has 0 aliphatic heterocycles. The third kappa shape index (κ3) is 4.61. The van der Waals surface area contributed by atoms with Crippen LogP contribution in [0.3, 0.4) is 0 Å². The van der Waals surface area contributed by atoms with Crippen LogP contribution in [0.5, 0.6) is 5.75 Å². The predicted octanol–water partition coefficient (Wildman–Crippen LogP) is 3.63. The Balaban J connectivity index is 1.54. The summed E-state index contributed by atoms with van der Waals surface area (Å²) < 4.78 is 20.9. The number of benzene rings is 1. The molecule has 0 unspecified atom stereocenters. The van der Waals surface area contributed by atoms with Crippen molar-refractivity contribution in [1.29, 1.82) is 0 Å². The zero-order valence-corrected chi connectivity index (χ0v) is 16.5. The number of carbonyl (C=O) groups excluding carboxylic acids is 1. The molecule has 1 N–H and O–H groups in total. The third-order valence-corrected chi connectivity index (χ3v) is 5.53. The van der Waals surface area contributed by atoms with Gasteiger partial charge in [0.2, 0.25) is 0 Å². The maximum Gasteiger partial charge on any atom is 0.251 e. The van der Waals surface area contributed by atoms with Crippen molar-refractivity contribution in [3.8, 4) is 5.75 Å². The summed E-state index contributed by atoms with van der Waals surface area (Å²) in [6.07, 6.45) is 8.39. The summed E-state index contributed by atoms with van der Waals surface area (Å²) in [7, 11) is 1.39. The van der Waals surface area contributed by atoms with Gasteiger partial charge in [-0.15, -0.1) is 10.2 Å². The molecule has 1 amide bonds. The molecule has 1 aromatic heterocycles. The van der Waals surface area contributed by atoms with E-state index in [0.29, 0.717) is 12.6 Å². The van der Waals surface area contributed by atoms with E-state index in [0.717, 1.165) is 23.8 Å². The lowest BCUT2D eigenvalue weighted by Crippen LogP contribution is -2.25. The fourth-order valence-corrected chi connectivity index (χ4v) is 4.08. The van der Waals surface area contributed by atoms with E-state index in [9.17, 15) is 9.18 Å². The Morgan fingerprint density at radius 2 is 2.15 bits per heavy atom. The lowest BCUT2D eigenvalue weighted by molar-refractivity contribution is 0.0952. The average Bonchev–Trinajstić information content (AvgIpc) is 3.33. The van der Waals surface area contributed by atoms with Gasteiger partial charge in [0, 0.05) is 24.6 Å². The quantitative estimate of drug-likeness (QED) is 0.549. The van der Waals surface area contributed by atoms with Gasteiger partial charge in [-0.3, -0.25) is 4.79 Å². The number of ether oxygens (including phenoxy) is 1. The van der Waals surface area contributed by atoms with Crippen molar-refractivity contribution in [2.75, 3.05) is 19.9 Å². The molecule has 27 heavy (non-hydrogen) atoms. The van der Waals surface area contributed by atoms with Crippen LogP contribution in [-0.4, -0.2) is 40.6 Å². The van der Waals surface area contributed by atoms with Gasteiger partial charge >= 0.3 is 0 Å². The molecule has 3 rings (SSSR count). The number of methoxy groups -OCH3 is 1. The first-order chi connectivity index (χ1) is 13.1. The van der Waals surface area contributed by atoms with Crippen LogP contribution in [0.4, 0.5) is 4.39 Å². The standard InChI is InChI=1S/C19H25FN4O2S/c1-26-16-10-9-13(12-15(16)20)18(25)21-11-5-8-17-22-23-19(27-2)24(17)14-6-3-4-7-14/h9-10,12,14H,3-8,11H2,1-2H3,(H,21,25). The fraction of sp³-hybridized carbons (Fsp3) is 0.526. The number of halogens is 1. The van der Waals surface area contributed by atoms with E-state index in [-0.39, 0.29) is 17.2 Å². The smallest absolute Gasteiger partial charge is 0.251 e. The number of thioether (sulfide) groups is 1. The average molecular weight is 393 g/mol. The first-order valence-corrected chi connectivity index (χ1v) is 10.5. The molecule has 0 spiro atoms. The Labute approximate surface area is 162 Å². The van der Waals surface area contributed by atoms with Gasteiger partial charge in [0.05, 0.1) is 7.11 Å². The van der Waals surface area contributed by atoms with Crippen LogP contribution in [0.1, 0.15) is 54.3 Å². The highest BCUT2D eigenvalue weighted by molar-refractivity contribution is 7.98. The summed E-state index contributed by atoms with van der Waals surface area (Å²) in [5, 5.41) is 12.5. The number of hydrogen-bond donors (Lipinski definition) is 1. The van der Waals surface area contributed by atoms with Crippen LogP contribution in [0.15, 0.2) is 23.4 Å². The minimum Gasteiger partial charge on any atom is -0.494 e. The number of carbonyl (C=O) groups is 1. The van der Waals surface area contributed by atoms with E-state index in [1.165, 1.54) is 44.9 Å². The van der Waals surface area contributed by atoms with Crippen molar-refractivity contribution in [1.82, 2.24) is 20.1 Å². The summed E-state index contributed by atoms with van der Waals surface area (Å²) in [5.41, 5.74) is 0.284. The third-order valence-electron chi connectivity index (χ3n) is 4.88. The summed E-state index contributed by atoms with van der Waals surface area (Å²) in [6.45, 7) is 0.499. The Morgan fingerprint density at radius 1 is 1.37 bits per heavy atom. The van der Waals surface area contributed by atoms with Gasteiger partial charge in [-0.2, -0.15) is 0 Å². The van der Waals surface area contributed by atoms with Crippen molar-refractivity contribution >= 4 is 17.7 Å². The molecule has 1 aromatic carbocycles. The van der Waals surface area contributed by atoms with Crippen molar-refractivity contribution in [3.05, 3.63) is 35.4 Å². The molecular formula is C19H25FN4O2S. The molecule has 0 bridgehead atoms. The largest absolute Gasteiger partial charge is 0.494 e. The number of aryl methyl sites for hydroxylation is 1. The van der Waals surface area contributed by atoms with E-state index in [2.05, 4.69) is 20.1 Å². The van der Waals surface area contributed by atoms with E-state index in [1.54, 1.807) is 17.8 Å². The molecule has 0 atom stereocenters. The topological polar surface area (TPSA) is 69.0 Å². The van der Waals surface area contributed by atoms with Gasteiger partial charge in [-0.1, -0.05) is 24.6 Å². The predicted molar refractivity (Wildman–Crippen MR) is 103 cm³/mol. The van der Waals surface area contributed by atoms with Gasteiger partial charge in [0.25, 0.3) is 5.91 Å². The van der Waals surface area contributed by atoms with E-state index in [1.807, 2.05) is 6.26 Å². The summed E-state index contributed by atoms with van der Waals surface area (Å²) >= 11 is 1.62. The Kier molecular flexibility index (Phi) is 6.71. The highest BCUT2D eigenvalue weighted by Gasteiger charge is 2.23. The lowest BCUT2D eigenvalue weighted by atomic mass is 10.2. The normalized spacial score (nSPS) is 14.5. The van der Waals surface area contributed by atoms with Crippen molar-refractivity contribution in [2.45, 2.75) is 49.7 Å². The molecule has 8 heteroatoms. The van der Waals surface area contributed by atoms with E-state index < -0.39 is 5.82 Å². The van der Waals surface area contributed by atoms with Gasteiger partial charge in [-0.05, 0) is 43.7 Å². The van der Waals surface area contributed by atoms with Gasteiger partial charge in [0.1, 0.15) is 5.82 Å². The fourth-order valence-electron chi connectivity index (χ4n) is 3.50. The molecule has 2 aromatic rings. The molecule has 0 saturated heterocycles. The second kappa shape index (κ2) is 9.21. The lowest BCUT2D eigenvalue weighted by Gasteiger charge is -2.16. The monoisotopic (exact) mass is 392 g/mol. The second-order valence-corrected chi connectivity index (χ2v) is 7.39. The SMILES string of the molecule is COc1ccc(C(=O)NCCCc2nnc(SC)n2C2CCCC2)cc1F. The maximum absolute atomic E-state index is 13.7. The molecular weight excluding hydrogens is 367 g/mol. The van der Waals surface area contributed by atoms with E-state index in [4.69, 9.17) is 4.74 Å². The molecule has 1 fully saturated rings. The minimum atomic E-state index is -0.542. The zero-order valence-electron chi connectivity index (χ0n) is 15.7. The number of nitrogens with one attached hydrogen (secondary N) is 1. The van der Waals surface area contributed by atoms with Crippen LogP contribution < -0.4 is 10.1 Å². The maximum atomic E-state index is 13.7. The van der Waals surface area contributed by atoms with Gasteiger partial charge in [-0.25, -0.2) is 4.39 Å². The van der Waals surface area contributed by atoms with Gasteiger partial charge < -0.3 is 14.6 Å². The molecule has 1 saturated carbocycles. The first kappa shape index (κ1) is 19.7. The molecule has 1 aliphatic rings. The number of aromatic nitrogens is 3. The highest BCUT2D eigenvalue weighted by atomic mass is 32.2. The molecule has 1 heterocycles. The Hall–Kier alpha value is -2.09. The molecule has 0 radical (unpaired) electrons. The van der Waals surface area contributed by atoms with Crippen molar-refractivity contribution < 1.29 is 13.9 Å². The number of amides is 1. The molecule has 6 nitrogen and oxygen atoms in total. The van der Waals surface area contributed by atoms with Crippen LogP contribution in [0, 0.1) is 5.82 Å². The summed E-state index contributed by atoms with van der Waals surface area (Å²) in [6, 6.07) is 4.70. The van der Waals surface area contributed by atoms with Crippen molar-refractivity contribution in [3.63, 3.8) is 0 Å². The number of nitrogens with zero attached hydrogens (tertiary/aromatic N) is 3. The summed E-state index contributed by atoms with van der Waals surface area (Å²) in [4.78, 5) is 12.2.